The van der Waals surface area contributed by atoms with Gasteiger partial charge in [0.15, 0.2) is 11.5 Å². The quantitative estimate of drug-likeness (QED) is 0.474. The average Bonchev–Trinajstić information content (AvgIpc) is 2.69. The zero-order valence-corrected chi connectivity index (χ0v) is 14.9. The molecule has 0 heterocycles. The summed E-state index contributed by atoms with van der Waals surface area (Å²) in [6.07, 6.45) is 2.54. The molecule has 0 unspecified atom stereocenters. The van der Waals surface area contributed by atoms with Crippen LogP contribution in [0.25, 0.3) is 16.8 Å². The highest BCUT2D eigenvalue weighted by molar-refractivity contribution is 5.86. The molecule has 3 aromatic rings. The molecule has 0 fully saturated rings. The van der Waals surface area contributed by atoms with Gasteiger partial charge in [-0.1, -0.05) is 42.5 Å². The molecule has 0 amide bonds. The predicted octanol–water partition coefficient (Wildman–Crippen LogP) is 4.40. The van der Waals surface area contributed by atoms with E-state index in [9.17, 15) is 4.79 Å². The average molecular weight is 364 g/mol. The molecule has 138 valence electrons. The zero-order valence-electron chi connectivity index (χ0n) is 14.9. The van der Waals surface area contributed by atoms with Crippen LogP contribution in [0.2, 0.25) is 0 Å². The van der Waals surface area contributed by atoms with Crippen LogP contribution in [0.5, 0.6) is 17.2 Å². The third-order valence-electron chi connectivity index (χ3n) is 3.95. The molecule has 0 saturated heterocycles. The van der Waals surface area contributed by atoms with E-state index in [1.165, 1.54) is 6.08 Å². The zero-order chi connectivity index (χ0) is 19.1. The second kappa shape index (κ2) is 8.76. The van der Waals surface area contributed by atoms with Crippen molar-refractivity contribution < 1.29 is 24.1 Å². The largest absolute Gasteiger partial charge is 0.493 e. The Balaban J connectivity index is 1.64. The molecule has 0 bridgehead atoms. The molecule has 0 spiro atoms. The van der Waals surface area contributed by atoms with Crippen molar-refractivity contribution in [3.8, 4) is 17.2 Å². The Bertz CT molecular complexity index is 962. The molecular weight excluding hydrogens is 344 g/mol. The van der Waals surface area contributed by atoms with Gasteiger partial charge in [-0.3, -0.25) is 0 Å². The Morgan fingerprint density at radius 3 is 2.52 bits per heavy atom. The van der Waals surface area contributed by atoms with Crippen LogP contribution in [0.3, 0.4) is 0 Å². The maximum absolute atomic E-state index is 10.8. The van der Waals surface area contributed by atoms with Gasteiger partial charge >= 0.3 is 5.97 Å². The van der Waals surface area contributed by atoms with Crippen molar-refractivity contribution >= 4 is 22.8 Å². The first kappa shape index (κ1) is 18.3. The number of ether oxygens (including phenoxy) is 3. The molecule has 0 aliphatic carbocycles. The third-order valence-corrected chi connectivity index (χ3v) is 3.95. The minimum Gasteiger partial charge on any atom is -0.493 e. The summed E-state index contributed by atoms with van der Waals surface area (Å²) in [7, 11) is 1.54. The fourth-order valence-corrected chi connectivity index (χ4v) is 2.70. The minimum atomic E-state index is -1.02. The normalized spacial score (nSPS) is 10.9. The van der Waals surface area contributed by atoms with Crippen molar-refractivity contribution in [2.45, 2.75) is 0 Å². The van der Waals surface area contributed by atoms with Crippen LogP contribution < -0.4 is 14.2 Å². The predicted molar refractivity (Wildman–Crippen MR) is 105 cm³/mol. The molecule has 0 aliphatic heterocycles. The molecular formula is C22H20O5. The lowest BCUT2D eigenvalue weighted by Gasteiger charge is -2.14. The van der Waals surface area contributed by atoms with E-state index in [4.69, 9.17) is 19.3 Å². The van der Waals surface area contributed by atoms with Crippen LogP contribution in [0.15, 0.2) is 66.7 Å². The van der Waals surface area contributed by atoms with Gasteiger partial charge in [-0.15, -0.1) is 0 Å². The summed E-state index contributed by atoms with van der Waals surface area (Å²) in [5.74, 6) is 0.764. The molecule has 5 heteroatoms. The van der Waals surface area contributed by atoms with Crippen molar-refractivity contribution in [1.29, 1.82) is 0 Å². The van der Waals surface area contributed by atoms with E-state index in [0.29, 0.717) is 30.3 Å². The van der Waals surface area contributed by atoms with Crippen molar-refractivity contribution in [1.82, 2.24) is 0 Å². The summed E-state index contributed by atoms with van der Waals surface area (Å²) in [4.78, 5) is 10.8. The number of para-hydroxylation sites is 1. The number of methoxy groups -OCH3 is 1. The molecule has 0 aliphatic rings. The van der Waals surface area contributed by atoms with Crippen molar-refractivity contribution in [3.63, 3.8) is 0 Å². The topological polar surface area (TPSA) is 65.0 Å². The molecule has 27 heavy (non-hydrogen) atoms. The van der Waals surface area contributed by atoms with Gasteiger partial charge in [0.2, 0.25) is 0 Å². The van der Waals surface area contributed by atoms with E-state index in [-0.39, 0.29) is 0 Å². The standard InChI is InChI=1S/C22H20O5/c1-25-20-8-4-7-17(10-12-21(23)24)22(20)27-14-13-26-19-11-9-16-5-2-3-6-18(16)15-19/h2-12,15H,13-14H2,1H3,(H,23,24). The van der Waals surface area contributed by atoms with Crippen LogP contribution in [0.1, 0.15) is 5.56 Å². The number of rotatable bonds is 8. The smallest absolute Gasteiger partial charge is 0.328 e. The van der Waals surface area contributed by atoms with Gasteiger partial charge in [-0.2, -0.15) is 0 Å². The Hall–Kier alpha value is -3.47. The van der Waals surface area contributed by atoms with E-state index in [0.717, 1.165) is 22.6 Å². The second-order valence-corrected chi connectivity index (χ2v) is 5.76. The maximum Gasteiger partial charge on any atom is 0.328 e. The highest BCUT2D eigenvalue weighted by Crippen LogP contribution is 2.32. The van der Waals surface area contributed by atoms with E-state index in [1.54, 1.807) is 25.3 Å². The molecule has 0 radical (unpaired) electrons. The first-order chi connectivity index (χ1) is 13.2. The number of carbonyl (C=O) groups is 1. The highest BCUT2D eigenvalue weighted by Gasteiger charge is 2.09. The number of hydrogen-bond donors (Lipinski definition) is 1. The van der Waals surface area contributed by atoms with Gasteiger partial charge < -0.3 is 19.3 Å². The van der Waals surface area contributed by atoms with E-state index in [2.05, 4.69) is 6.07 Å². The number of fused-ring (bicyclic) bond motifs is 1. The molecule has 5 nitrogen and oxygen atoms in total. The molecule has 3 rings (SSSR count). The lowest BCUT2D eigenvalue weighted by Crippen LogP contribution is -2.10. The lowest BCUT2D eigenvalue weighted by atomic mass is 10.1. The Labute approximate surface area is 157 Å². The van der Waals surface area contributed by atoms with Crippen LogP contribution in [0.4, 0.5) is 0 Å². The summed E-state index contributed by atoms with van der Waals surface area (Å²) < 4.78 is 16.9. The summed E-state index contributed by atoms with van der Waals surface area (Å²) >= 11 is 0. The monoisotopic (exact) mass is 364 g/mol. The Morgan fingerprint density at radius 2 is 1.74 bits per heavy atom. The summed E-state index contributed by atoms with van der Waals surface area (Å²) in [6, 6.07) is 19.3. The van der Waals surface area contributed by atoms with E-state index < -0.39 is 5.97 Å². The molecule has 0 atom stereocenters. The molecule has 0 saturated carbocycles. The maximum atomic E-state index is 10.8. The Kier molecular flexibility index (Phi) is 5.94. The van der Waals surface area contributed by atoms with Gasteiger partial charge in [0.05, 0.1) is 7.11 Å². The van der Waals surface area contributed by atoms with Gasteiger partial charge in [0.1, 0.15) is 19.0 Å². The fraction of sp³-hybridized carbons (Fsp3) is 0.136. The fourth-order valence-electron chi connectivity index (χ4n) is 2.70. The second-order valence-electron chi connectivity index (χ2n) is 5.76. The van der Waals surface area contributed by atoms with Gasteiger partial charge in [0.25, 0.3) is 0 Å². The summed E-state index contributed by atoms with van der Waals surface area (Å²) in [6.45, 7) is 0.638. The van der Waals surface area contributed by atoms with Crippen LogP contribution in [-0.2, 0) is 4.79 Å². The number of carboxylic acids is 1. The van der Waals surface area contributed by atoms with Gasteiger partial charge in [-0.05, 0) is 35.0 Å². The Morgan fingerprint density at radius 1 is 0.963 bits per heavy atom. The van der Waals surface area contributed by atoms with Crippen molar-refractivity contribution in [2.75, 3.05) is 20.3 Å². The molecule has 3 aromatic carbocycles. The van der Waals surface area contributed by atoms with E-state index >= 15 is 0 Å². The summed E-state index contributed by atoms with van der Waals surface area (Å²) in [5, 5.41) is 11.1. The number of benzene rings is 3. The minimum absolute atomic E-state index is 0.293. The van der Waals surface area contributed by atoms with Crippen LogP contribution in [-0.4, -0.2) is 31.4 Å². The highest BCUT2D eigenvalue weighted by atomic mass is 16.5. The molecule has 1 N–H and O–H groups in total. The molecule has 0 aromatic heterocycles. The first-order valence-electron chi connectivity index (χ1n) is 8.50. The number of carboxylic acid groups (broad SMARTS) is 1. The van der Waals surface area contributed by atoms with Crippen LogP contribution in [0, 0.1) is 0 Å². The first-order valence-corrected chi connectivity index (χ1v) is 8.50. The van der Waals surface area contributed by atoms with E-state index in [1.807, 2.05) is 36.4 Å². The summed E-state index contributed by atoms with van der Waals surface area (Å²) in [5.41, 5.74) is 0.627. The van der Waals surface area contributed by atoms with Gasteiger partial charge in [-0.25, -0.2) is 4.79 Å². The lowest BCUT2D eigenvalue weighted by molar-refractivity contribution is -0.131. The number of hydrogen-bond acceptors (Lipinski definition) is 4. The SMILES string of the molecule is COc1cccc(C=CC(=O)O)c1OCCOc1ccc2ccccc2c1. The van der Waals surface area contributed by atoms with Crippen molar-refractivity contribution in [3.05, 3.63) is 72.3 Å². The van der Waals surface area contributed by atoms with Crippen molar-refractivity contribution in [2.24, 2.45) is 0 Å². The van der Waals surface area contributed by atoms with Gasteiger partial charge in [0, 0.05) is 11.6 Å². The number of aliphatic carboxylic acids is 1. The third kappa shape index (κ3) is 4.79. The van der Waals surface area contributed by atoms with Crippen LogP contribution >= 0.6 is 0 Å².